The van der Waals surface area contributed by atoms with Gasteiger partial charge in [-0.1, -0.05) is 57.9 Å². The maximum atomic E-state index is 13.0. The minimum atomic E-state index is -3.92. The van der Waals surface area contributed by atoms with Crippen LogP contribution >= 0.6 is 23.2 Å². The van der Waals surface area contributed by atoms with Gasteiger partial charge in [0.15, 0.2) is 5.78 Å². The molecule has 0 spiro atoms. The molecule has 0 fully saturated rings. The number of carbonyl (C=O) groups is 1. The molecule has 0 saturated carbocycles. The molecule has 0 radical (unpaired) electrons. The minimum absolute atomic E-state index is 0. The third kappa shape index (κ3) is 10.9. The first-order valence-corrected chi connectivity index (χ1v) is 21.1. The number of aliphatic hydroxyl groups is 1. The largest absolute Gasteiger partial charge is 2.00 e. The summed E-state index contributed by atoms with van der Waals surface area (Å²) in [5, 5.41) is 27.1. The van der Waals surface area contributed by atoms with E-state index in [4.69, 9.17) is 23.2 Å². The maximum Gasteiger partial charge on any atom is 2.00 e. The van der Waals surface area contributed by atoms with Crippen molar-refractivity contribution < 1.29 is 43.7 Å². The number of fused-ring (bicyclic) bond motifs is 2. The van der Waals surface area contributed by atoms with Gasteiger partial charge in [-0.3, -0.25) is 14.2 Å². The predicted octanol–water partition coefficient (Wildman–Crippen LogP) is 4.04. The molecular weight excluding hydrogens is 956 g/mol. The Morgan fingerprint density at radius 1 is 0.661 bits per heavy atom. The summed E-state index contributed by atoms with van der Waals surface area (Å²) in [6.07, 6.45) is 3.19. The Morgan fingerprint density at radius 2 is 1.06 bits per heavy atom. The number of anilines is 2. The van der Waals surface area contributed by atoms with Gasteiger partial charge in [0.2, 0.25) is 11.3 Å². The summed E-state index contributed by atoms with van der Waals surface area (Å²) < 4.78 is 59.7. The molecule has 4 aromatic carbocycles. The molecule has 0 unspecified atom stereocenters. The van der Waals surface area contributed by atoms with Crippen LogP contribution in [0.2, 0.25) is 10.0 Å². The van der Waals surface area contributed by atoms with Crippen molar-refractivity contribution in [3.05, 3.63) is 150 Å². The van der Waals surface area contributed by atoms with E-state index in [1.54, 1.807) is 99.0 Å². The molecule has 8 rings (SSSR count). The van der Waals surface area contributed by atoms with Gasteiger partial charge in [0, 0.05) is 28.0 Å². The maximum absolute atomic E-state index is 13.0. The number of benzene rings is 4. The fourth-order valence-corrected chi connectivity index (χ4v) is 8.22. The Balaban J connectivity index is 0.000000260. The molecule has 4 aromatic heterocycles. The number of nitrogens with zero attached hydrogens (tertiary/aromatic N) is 8. The van der Waals surface area contributed by atoms with E-state index in [1.165, 1.54) is 52.7 Å². The normalized spacial score (nSPS) is 11.3. The number of halogens is 3. The Labute approximate surface area is 393 Å². The van der Waals surface area contributed by atoms with E-state index < -0.39 is 25.6 Å². The second kappa shape index (κ2) is 20.0. The molecule has 16 nitrogen and oxygen atoms in total. The van der Waals surface area contributed by atoms with E-state index in [-0.39, 0.29) is 74.4 Å². The Bertz CT molecular complexity index is 3100. The first-order valence-electron chi connectivity index (χ1n) is 17.4. The van der Waals surface area contributed by atoms with Crippen LogP contribution in [0.5, 0.6) is 0 Å². The van der Waals surface area contributed by atoms with Gasteiger partial charge in [0.1, 0.15) is 11.0 Å². The molecule has 0 bridgehead atoms. The second-order valence-electron chi connectivity index (χ2n) is 13.4. The zero-order valence-electron chi connectivity index (χ0n) is 33.3. The van der Waals surface area contributed by atoms with Crippen molar-refractivity contribution in [1.29, 1.82) is 0 Å². The molecule has 0 aliphatic carbocycles. The van der Waals surface area contributed by atoms with Crippen LogP contribution in [0, 0.1) is 7.43 Å². The number of nitrogens with one attached hydrogen (secondary N) is 2. The van der Waals surface area contributed by atoms with Crippen LogP contribution < -0.4 is 26.4 Å². The third-order valence-electron chi connectivity index (χ3n) is 8.75. The number of sulfonamides is 2. The van der Waals surface area contributed by atoms with Crippen molar-refractivity contribution in [3.8, 4) is 11.4 Å². The monoisotopic (exact) mass is 988 g/mol. The van der Waals surface area contributed by atoms with Crippen molar-refractivity contribution in [3.63, 3.8) is 0 Å². The molecule has 0 atom stereocenters. The summed E-state index contributed by atoms with van der Waals surface area (Å²) in [6, 6.07) is 28.2. The van der Waals surface area contributed by atoms with E-state index in [1.807, 2.05) is 0 Å². The average Bonchev–Trinajstić information content (AvgIpc) is 3.84. The number of pyridine rings is 2. The van der Waals surface area contributed by atoms with Crippen LogP contribution in [0.15, 0.2) is 131 Å². The fraction of sp³-hybridized carbons (Fsp3) is 0.100. The number of carbonyl (C=O) groups excluding carboxylic acids is 1. The molecule has 0 saturated heterocycles. The molecule has 22 heteroatoms. The van der Waals surface area contributed by atoms with Gasteiger partial charge in [-0.15, -0.1) is 10.2 Å². The van der Waals surface area contributed by atoms with Crippen LogP contribution in [0.3, 0.4) is 0 Å². The van der Waals surface area contributed by atoms with Crippen LogP contribution in [-0.2, 0) is 25.6 Å². The zero-order chi connectivity index (χ0) is 42.1. The fourth-order valence-electron chi connectivity index (χ4n) is 5.74. The van der Waals surface area contributed by atoms with Gasteiger partial charge in [0.25, 0.3) is 20.0 Å². The quantitative estimate of drug-likeness (QED) is 0.101. The summed E-state index contributed by atoms with van der Waals surface area (Å²) in [7, 11) is -7.82. The van der Waals surface area contributed by atoms with Crippen molar-refractivity contribution in [1.82, 2.24) is 40.0 Å². The number of hydrogen-bond donors (Lipinski definition) is 3. The number of Topliss-reactive ketones (excluding diaryl/α,β-unsaturated/α-hetero) is 1. The van der Waals surface area contributed by atoms with E-state index in [2.05, 4.69) is 40.0 Å². The van der Waals surface area contributed by atoms with Crippen LogP contribution in [0.4, 0.5) is 11.4 Å². The van der Waals surface area contributed by atoms with Crippen molar-refractivity contribution in [2.75, 3.05) is 9.44 Å². The van der Waals surface area contributed by atoms with Gasteiger partial charge < -0.3 is 29.5 Å². The summed E-state index contributed by atoms with van der Waals surface area (Å²) in [6.45, 7) is 4.68. The summed E-state index contributed by atoms with van der Waals surface area (Å²) in [5.74, 6) is -0.145. The first kappa shape index (κ1) is 49.6. The van der Waals surface area contributed by atoms with Crippen molar-refractivity contribution in [2.24, 2.45) is 0 Å². The van der Waals surface area contributed by atoms with Crippen LogP contribution in [-0.4, -0.2) is 90.7 Å². The Morgan fingerprint density at radius 3 is 1.45 bits per heavy atom. The number of rotatable bonds is 10. The summed E-state index contributed by atoms with van der Waals surface area (Å²) in [4.78, 5) is 19.8. The first-order chi connectivity index (χ1) is 28.0. The molecule has 0 amide bonds. The van der Waals surface area contributed by atoms with Gasteiger partial charge in [-0.05, 0) is 111 Å². The predicted molar refractivity (Wildman–Crippen MR) is 235 cm³/mol. The van der Waals surface area contributed by atoms with Gasteiger partial charge in [-0.2, -0.15) is 0 Å². The van der Waals surface area contributed by atoms with Crippen molar-refractivity contribution in [2.45, 2.75) is 36.2 Å². The zero-order valence-corrected chi connectivity index (χ0v) is 39.4. The molecule has 8 aromatic rings. The molecule has 4 heterocycles. The number of aromatic nitrogens is 8. The molecule has 0 aliphatic rings. The van der Waals surface area contributed by atoms with Gasteiger partial charge in [0.05, 0.1) is 38.1 Å². The topological polar surface area (TPSA) is 217 Å². The van der Waals surface area contributed by atoms with Crippen LogP contribution in [0.1, 0.15) is 36.7 Å². The van der Waals surface area contributed by atoms with Gasteiger partial charge in [-0.25, -0.2) is 36.2 Å². The molecule has 62 heavy (non-hydrogen) atoms. The minimum Gasteiger partial charge on any atom is -1.00 e. The van der Waals surface area contributed by atoms with Gasteiger partial charge >= 0.3 is 23.1 Å². The summed E-state index contributed by atoms with van der Waals surface area (Å²) in [5.41, 5.74) is 3.37. The SMILES string of the molecule is CC(=O)c1ccc(S(=O)(=O)Nc2ccc(Cl)cc2-n2nnc3ncccc32)cc1.CC(C)(O)c1ccc(S(=O)(=O)Nc2ccc(Cl)cc2-n2nnc3ncccc32)cc1.[Br-].[CH3-].[Mg+2]. The molecular formula is C40H35BrCl2MgN10O6S2. The standard InChI is InChI=1S/C20H18ClN5O3S.C19H14ClN5O3S.CH3.BrH.Mg/c1-20(2,27)13-5-8-15(9-6-13)30(28,29)24-16-10-7-14(21)12-18(16)26-17-4-3-11-22-19(17)23-25-26;1-12(26)13-4-7-15(8-5-13)29(27,28)23-16-9-6-14(20)11-18(16)25-17-3-2-10-21-19(17)22-24-25;;;/h3-12,24,27H,1-2H3;2-11,23H,1H3;1H3;1H;/q;;-1;;+2/p-1. The Kier molecular flexibility index (Phi) is 16.0. The number of ketones is 1. The van der Waals surface area contributed by atoms with E-state index in [9.17, 15) is 26.7 Å². The smallest absolute Gasteiger partial charge is 1.00 e. The molecule has 316 valence electrons. The summed E-state index contributed by atoms with van der Waals surface area (Å²) >= 11 is 12.3. The Hall–Kier alpha value is -5.06. The van der Waals surface area contributed by atoms with E-state index in [0.717, 1.165) is 0 Å². The number of hydrogen-bond acceptors (Lipinski definition) is 12. The van der Waals surface area contributed by atoms with Crippen LogP contribution in [0.25, 0.3) is 33.7 Å². The second-order valence-corrected chi connectivity index (χ2v) is 17.6. The molecule has 3 N–H and O–H groups in total. The average molecular weight is 991 g/mol. The van der Waals surface area contributed by atoms with Crippen molar-refractivity contribution >= 4 is 106 Å². The molecule has 0 aliphatic heterocycles. The third-order valence-corrected chi connectivity index (χ3v) is 12.0. The van der Waals surface area contributed by atoms with E-state index >= 15 is 0 Å². The van der Waals surface area contributed by atoms with E-state index in [0.29, 0.717) is 54.9 Å².